The monoisotopic (exact) mass is 339 g/mol. The lowest BCUT2D eigenvalue weighted by Crippen LogP contribution is -2.29. The van der Waals surface area contributed by atoms with Crippen LogP contribution in [0, 0.1) is 11.6 Å². The molecule has 2 aromatic carbocycles. The number of hydrogen-bond donors (Lipinski definition) is 1. The summed E-state index contributed by atoms with van der Waals surface area (Å²) in [7, 11) is 1.90. The topological polar surface area (TPSA) is 12.0 Å². The number of likely N-dealkylation sites (N-methyl/N-ethyl adjacent to an activating group) is 1. The van der Waals surface area contributed by atoms with E-state index in [4.69, 9.17) is 0 Å². The van der Waals surface area contributed by atoms with Crippen LogP contribution in [0.15, 0.2) is 46.9 Å². The van der Waals surface area contributed by atoms with Gasteiger partial charge < -0.3 is 5.32 Å². The molecule has 2 aromatic rings. The molecule has 0 spiro atoms. The molecule has 0 heterocycles. The minimum Gasteiger partial charge on any atom is -0.316 e. The molecule has 0 fully saturated rings. The SMILES string of the molecule is CNC(Cc1ccc(F)cc1)Cc1ccc(F)c(Br)c1. The molecule has 0 aliphatic carbocycles. The highest BCUT2D eigenvalue weighted by molar-refractivity contribution is 9.10. The van der Waals surface area contributed by atoms with Gasteiger partial charge >= 0.3 is 0 Å². The molecule has 0 amide bonds. The van der Waals surface area contributed by atoms with Crippen LogP contribution in [0.2, 0.25) is 0 Å². The maximum Gasteiger partial charge on any atom is 0.137 e. The van der Waals surface area contributed by atoms with Gasteiger partial charge in [-0.05, 0) is 71.2 Å². The highest BCUT2D eigenvalue weighted by atomic mass is 79.9. The third-order valence-corrected chi connectivity index (χ3v) is 3.88. The first-order valence-electron chi connectivity index (χ1n) is 6.44. The normalized spacial score (nSPS) is 12.4. The van der Waals surface area contributed by atoms with E-state index in [1.807, 2.05) is 7.05 Å². The summed E-state index contributed by atoms with van der Waals surface area (Å²) in [4.78, 5) is 0. The van der Waals surface area contributed by atoms with Gasteiger partial charge in [0.1, 0.15) is 11.6 Å². The second-order valence-electron chi connectivity index (χ2n) is 4.77. The van der Waals surface area contributed by atoms with Gasteiger partial charge in [0.2, 0.25) is 0 Å². The average molecular weight is 340 g/mol. The fourth-order valence-corrected chi connectivity index (χ4v) is 2.56. The summed E-state index contributed by atoms with van der Waals surface area (Å²) in [5, 5.41) is 3.24. The van der Waals surface area contributed by atoms with Crippen molar-refractivity contribution in [1.82, 2.24) is 5.32 Å². The van der Waals surface area contributed by atoms with E-state index in [1.165, 1.54) is 18.2 Å². The molecule has 1 N–H and O–H groups in total. The molecule has 1 atom stereocenters. The fourth-order valence-electron chi connectivity index (χ4n) is 2.13. The highest BCUT2D eigenvalue weighted by Gasteiger charge is 2.10. The van der Waals surface area contributed by atoms with E-state index >= 15 is 0 Å². The van der Waals surface area contributed by atoms with E-state index in [9.17, 15) is 8.78 Å². The number of benzene rings is 2. The van der Waals surface area contributed by atoms with Crippen LogP contribution in [0.4, 0.5) is 8.78 Å². The minimum absolute atomic E-state index is 0.220. The van der Waals surface area contributed by atoms with Crippen molar-refractivity contribution < 1.29 is 8.78 Å². The lowest BCUT2D eigenvalue weighted by atomic mass is 9.99. The number of halogens is 3. The lowest BCUT2D eigenvalue weighted by molar-refractivity contribution is 0.553. The Labute approximate surface area is 126 Å². The lowest BCUT2D eigenvalue weighted by Gasteiger charge is -2.16. The van der Waals surface area contributed by atoms with Gasteiger partial charge in [0.05, 0.1) is 4.47 Å². The van der Waals surface area contributed by atoms with Crippen molar-refractivity contribution in [3.63, 3.8) is 0 Å². The first-order valence-corrected chi connectivity index (χ1v) is 7.23. The van der Waals surface area contributed by atoms with Gasteiger partial charge in [-0.2, -0.15) is 0 Å². The molecule has 4 heteroatoms. The Morgan fingerprint density at radius 3 is 2.20 bits per heavy atom. The zero-order valence-corrected chi connectivity index (χ0v) is 12.8. The summed E-state index contributed by atoms with van der Waals surface area (Å²) in [6.07, 6.45) is 1.58. The number of nitrogens with one attached hydrogen (secondary N) is 1. The molecule has 0 radical (unpaired) electrons. The van der Waals surface area contributed by atoms with Crippen molar-refractivity contribution in [3.05, 3.63) is 69.7 Å². The van der Waals surface area contributed by atoms with Crippen LogP contribution in [0.25, 0.3) is 0 Å². The maximum atomic E-state index is 13.2. The first-order chi connectivity index (χ1) is 9.58. The van der Waals surface area contributed by atoms with Crippen molar-refractivity contribution >= 4 is 15.9 Å². The van der Waals surface area contributed by atoms with Crippen LogP contribution < -0.4 is 5.32 Å². The Morgan fingerprint density at radius 1 is 1.00 bits per heavy atom. The van der Waals surface area contributed by atoms with Gasteiger partial charge in [0.15, 0.2) is 0 Å². The molecule has 0 saturated heterocycles. The van der Waals surface area contributed by atoms with E-state index in [1.54, 1.807) is 24.3 Å². The van der Waals surface area contributed by atoms with E-state index in [2.05, 4.69) is 21.2 Å². The second-order valence-corrected chi connectivity index (χ2v) is 5.62. The molecule has 0 aliphatic rings. The van der Waals surface area contributed by atoms with Crippen LogP contribution in [-0.4, -0.2) is 13.1 Å². The predicted octanol–water partition coefficient (Wildman–Crippen LogP) is 4.10. The molecule has 0 bridgehead atoms. The molecule has 1 nitrogen and oxygen atoms in total. The van der Waals surface area contributed by atoms with Crippen molar-refractivity contribution in [1.29, 1.82) is 0 Å². The Kier molecular flexibility index (Phi) is 5.26. The third-order valence-electron chi connectivity index (χ3n) is 3.27. The minimum atomic E-state index is -0.256. The Hall–Kier alpha value is -1.26. The van der Waals surface area contributed by atoms with Crippen LogP contribution in [0.3, 0.4) is 0 Å². The fraction of sp³-hybridized carbons (Fsp3) is 0.250. The molecule has 0 aliphatic heterocycles. The molecule has 0 saturated carbocycles. The van der Waals surface area contributed by atoms with Gasteiger partial charge in [-0.1, -0.05) is 18.2 Å². The molecule has 0 aromatic heterocycles. The van der Waals surface area contributed by atoms with Crippen LogP contribution in [0.1, 0.15) is 11.1 Å². The summed E-state index contributed by atoms with van der Waals surface area (Å²) < 4.78 is 26.6. The highest BCUT2D eigenvalue weighted by Crippen LogP contribution is 2.18. The van der Waals surface area contributed by atoms with Crippen molar-refractivity contribution in [2.75, 3.05) is 7.05 Å². The Morgan fingerprint density at radius 2 is 1.60 bits per heavy atom. The molecular weight excluding hydrogens is 324 g/mol. The van der Waals surface area contributed by atoms with Gasteiger partial charge in [-0.3, -0.25) is 0 Å². The smallest absolute Gasteiger partial charge is 0.137 e. The molecule has 20 heavy (non-hydrogen) atoms. The third kappa shape index (κ3) is 4.12. The van der Waals surface area contributed by atoms with E-state index < -0.39 is 0 Å². The first kappa shape index (κ1) is 15.1. The number of hydrogen-bond acceptors (Lipinski definition) is 1. The zero-order valence-electron chi connectivity index (χ0n) is 11.2. The summed E-state index contributed by atoms with van der Waals surface area (Å²) in [5.41, 5.74) is 2.13. The predicted molar refractivity (Wildman–Crippen MR) is 80.8 cm³/mol. The van der Waals surface area contributed by atoms with E-state index in [0.29, 0.717) is 4.47 Å². The summed E-state index contributed by atoms with van der Waals surface area (Å²) >= 11 is 3.20. The van der Waals surface area contributed by atoms with Crippen LogP contribution >= 0.6 is 15.9 Å². The zero-order chi connectivity index (χ0) is 14.5. The van der Waals surface area contributed by atoms with Gasteiger partial charge in [0.25, 0.3) is 0 Å². The van der Waals surface area contributed by atoms with E-state index in [0.717, 1.165) is 24.0 Å². The molecule has 106 valence electrons. The number of rotatable bonds is 5. The molecule has 1 unspecified atom stereocenters. The average Bonchev–Trinajstić information content (AvgIpc) is 2.44. The summed E-state index contributed by atoms with van der Waals surface area (Å²) in [6.45, 7) is 0. The van der Waals surface area contributed by atoms with Gasteiger partial charge in [0, 0.05) is 6.04 Å². The van der Waals surface area contributed by atoms with E-state index in [-0.39, 0.29) is 17.7 Å². The Bertz CT molecular complexity index is 569. The van der Waals surface area contributed by atoms with Gasteiger partial charge in [-0.25, -0.2) is 8.78 Å². The largest absolute Gasteiger partial charge is 0.316 e. The molecular formula is C16H16BrF2N. The molecule has 2 rings (SSSR count). The van der Waals surface area contributed by atoms with Crippen molar-refractivity contribution in [3.8, 4) is 0 Å². The van der Waals surface area contributed by atoms with Gasteiger partial charge in [-0.15, -0.1) is 0 Å². The van der Waals surface area contributed by atoms with Crippen molar-refractivity contribution in [2.45, 2.75) is 18.9 Å². The maximum absolute atomic E-state index is 13.2. The summed E-state index contributed by atoms with van der Waals surface area (Å²) in [5.74, 6) is -0.481. The van der Waals surface area contributed by atoms with Crippen LogP contribution in [0.5, 0.6) is 0 Å². The quantitative estimate of drug-likeness (QED) is 0.864. The standard InChI is InChI=1S/C16H16BrF2N/c1-20-14(8-11-2-5-13(18)6-3-11)9-12-4-7-16(19)15(17)10-12/h2-7,10,14,20H,8-9H2,1H3. The van der Waals surface area contributed by atoms with Crippen molar-refractivity contribution in [2.24, 2.45) is 0 Å². The van der Waals surface area contributed by atoms with Crippen LogP contribution in [-0.2, 0) is 12.8 Å². The second kappa shape index (κ2) is 6.95. The summed E-state index contributed by atoms with van der Waals surface area (Å²) in [6, 6.07) is 11.8. The Balaban J connectivity index is 2.04.